The third-order valence-electron chi connectivity index (χ3n) is 2.82. The van der Waals surface area contributed by atoms with Gasteiger partial charge in [0, 0.05) is 0 Å². The summed E-state index contributed by atoms with van der Waals surface area (Å²) in [4.78, 5) is 0. The van der Waals surface area contributed by atoms with Crippen LogP contribution in [0.15, 0.2) is 24.3 Å². The van der Waals surface area contributed by atoms with Crippen LogP contribution in [0.1, 0.15) is 31.4 Å². The normalized spacial score (nSPS) is 11.1. The second-order valence-corrected chi connectivity index (χ2v) is 5.06. The molecule has 96 valence electrons. The van der Waals surface area contributed by atoms with Gasteiger partial charge >= 0.3 is 0 Å². The lowest BCUT2D eigenvalue weighted by atomic mass is 10.0. The van der Waals surface area contributed by atoms with Crippen molar-refractivity contribution in [3.05, 3.63) is 35.4 Å². The van der Waals surface area contributed by atoms with E-state index < -0.39 is 0 Å². The van der Waals surface area contributed by atoms with Gasteiger partial charge in [-0.2, -0.15) is 0 Å². The first-order chi connectivity index (χ1) is 8.22. The molecule has 0 fully saturated rings. The Kier molecular flexibility index (Phi) is 6.90. The first-order valence-corrected chi connectivity index (χ1v) is 6.71. The Labute approximate surface area is 106 Å². The van der Waals surface area contributed by atoms with Crippen LogP contribution in [-0.2, 0) is 12.8 Å². The molecule has 0 radical (unpaired) electrons. The van der Waals surface area contributed by atoms with Gasteiger partial charge in [-0.25, -0.2) is 0 Å². The zero-order chi connectivity index (χ0) is 12.5. The van der Waals surface area contributed by atoms with Gasteiger partial charge in [-0.15, -0.1) is 0 Å². The molecule has 0 saturated heterocycles. The van der Waals surface area contributed by atoms with Crippen LogP contribution < -0.4 is 11.1 Å². The van der Waals surface area contributed by atoms with E-state index in [0.29, 0.717) is 0 Å². The molecule has 0 saturated carbocycles. The fourth-order valence-corrected chi connectivity index (χ4v) is 1.90. The van der Waals surface area contributed by atoms with Crippen molar-refractivity contribution < 1.29 is 0 Å². The average Bonchev–Trinajstić information content (AvgIpc) is 2.30. The maximum Gasteiger partial charge on any atom is -0.000834 e. The Balaban J connectivity index is 2.25. The topological polar surface area (TPSA) is 38.0 Å². The van der Waals surface area contributed by atoms with E-state index in [4.69, 9.17) is 5.73 Å². The van der Waals surface area contributed by atoms with Crippen molar-refractivity contribution in [2.75, 3.05) is 19.6 Å². The summed E-state index contributed by atoms with van der Waals surface area (Å²) >= 11 is 0. The van der Waals surface area contributed by atoms with E-state index in [1.807, 2.05) is 0 Å². The molecule has 0 amide bonds. The molecule has 0 bridgehead atoms. The lowest BCUT2D eigenvalue weighted by Crippen LogP contribution is -2.20. The fourth-order valence-electron chi connectivity index (χ4n) is 1.90. The van der Waals surface area contributed by atoms with Crippen molar-refractivity contribution in [1.29, 1.82) is 0 Å². The number of rotatable bonds is 8. The number of nitrogens with two attached hydrogens (primary N) is 1. The minimum absolute atomic E-state index is 0.735. The van der Waals surface area contributed by atoms with E-state index in [9.17, 15) is 0 Å². The van der Waals surface area contributed by atoms with E-state index in [2.05, 4.69) is 43.4 Å². The summed E-state index contributed by atoms with van der Waals surface area (Å²) in [6.45, 7) is 7.37. The molecule has 0 aromatic heterocycles. The highest BCUT2D eigenvalue weighted by Gasteiger charge is 1.98. The Morgan fingerprint density at radius 2 is 1.71 bits per heavy atom. The number of hydrogen-bond donors (Lipinski definition) is 2. The van der Waals surface area contributed by atoms with Crippen molar-refractivity contribution in [1.82, 2.24) is 5.32 Å². The summed E-state index contributed by atoms with van der Waals surface area (Å²) in [5.41, 5.74) is 8.30. The van der Waals surface area contributed by atoms with Crippen LogP contribution in [0.4, 0.5) is 0 Å². The van der Waals surface area contributed by atoms with E-state index in [1.54, 1.807) is 0 Å². The minimum Gasteiger partial charge on any atom is -0.330 e. The lowest BCUT2D eigenvalue weighted by Gasteiger charge is -2.07. The second kappa shape index (κ2) is 8.26. The zero-order valence-corrected chi connectivity index (χ0v) is 11.2. The van der Waals surface area contributed by atoms with Gasteiger partial charge in [0.1, 0.15) is 0 Å². The van der Waals surface area contributed by atoms with Gasteiger partial charge in [-0.05, 0) is 55.9 Å². The Morgan fingerprint density at radius 1 is 1.06 bits per heavy atom. The highest BCUT2D eigenvalue weighted by atomic mass is 14.8. The minimum atomic E-state index is 0.735. The fraction of sp³-hybridized carbons (Fsp3) is 0.600. The summed E-state index contributed by atoms with van der Waals surface area (Å²) in [5.74, 6) is 0.735. The SMILES string of the molecule is CC(C)Cc1ccc(CCNCCCN)cc1. The highest BCUT2D eigenvalue weighted by Crippen LogP contribution is 2.09. The lowest BCUT2D eigenvalue weighted by molar-refractivity contribution is 0.645. The third-order valence-corrected chi connectivity index (χ3v) is 2.82. The van der Waals surface area contributed by atoms with Crippen molar-refractivity contribution in [3.63, 3.8) is 0 Å². The predicted molar refractivity (Wildman–Crippen MR) is 75.2 cm³/mol. The predicted octanol–water partition coefficient (Wildman–Crippen LogP) is 2.37. The summed E-state index contributed by atoms with van der Waals surface area (Å²) in [7, 11) is 0. The molecule has 0 heterocycles. The molecule has 0 unspecified atom stereocenters. The quantitative estimate of drug-likeness (QED) is 0.678. The smallest absolute Gasteiger partial charge is 0.000834 e. The largest absolute Gasteiger partial charge is 0.330 e. The molecule has 2 heteroatoms. The molecular formula is C15H26N2. The molecule has 0 atom stereocenters. The van der Waals surface area contributed by atoms with Crippen LogP contribution in [0.3, 0.4) is 0 Å². The van der Waals surface area contributed by atoms with E-state index in [1.165, 1.54) is 17.5 Å². The van der Waals surface area contributed by atoms with Crippen molar-refractivity contribution in [2.45, 2.75) is 33.1 Å². The number of hydrogen-bond acceptors (Lipinski definition) is 2. The van der Waals surface area contributed by atoms with Gasteiger partial charge in [0.15, 0.2) is 0 Å². The molecular weight excluding hydrogens is 208 g/mol. The number of benzene rings is 1. The van der Waals surface area contributed by atoms with Crippen molar-refractivity contribution in [2.24, 2.45) is 11.7 Å². The zero-order valence-electron chi connectivity index (χ0n) is 11.2. The van der Waals surface area contributed by atoms with Crippen LogP contribution >= 0.6 is 0 Å². The van der Waals surface area contributed by atoms with E-state index in [0.717, 1.165) is 38.4 Å². The molecule has 1 aromatic carbocycles. The van der Waals surface area contributed by atoms with Crippen LogP contribution in [-0.4, -0.2) is 19.6 Å². The van der Waals surface area contributed by atoms with Crippen LogP contribution in [0, 0.1) is 5.92 Å². The maximum atomic E-state index is 5.44. The van der Waals surface area contributed by atoms with Gasteiger partial charge < -0.3 is 11.1 Å². The van der Waals surface area contributed by atoms with Gasteiger partial charge in [-0.3, -0.25) is 0 Å². The molecule has 3 N–H and O–H groups in total. The summed E-state index contributed by atoms with van der Waals surface area (Å²) in [5, 5.41) is 3.40. The summed E-state index contributed by atoms with van der Waals surface area (Å²) in [6.07, 6.45) is 3.34. The second-order valence-electron chi connectivity index (χ2n) is 5.06. The first kappa shape index (κ1) is 14.2. The molecule has 1 rings (SSSR count). The summed E-state index contributed by atoms with van der Waals surface area (Å²) in [6, 6.07) is 9.02. The Bertz CT molecular complexity index is 290. The Morgan fingerprint density at radius 3 is 2.29 bits per heavy atom. The molecule has 1 aromatic rings. The maximum absolute atomic E-state index is 5.44. The van der Waals surface area contributed by atoms with Crippen LogP contribution in [0.5, 0.6) is 0 Å². The average molecular weight is 234 g/mol. The Hall–Kier alpha value is -0.860. The number of nitrogens with one attached hydrogen (secondary N) is 1. The molecule has 2 nitrogen and oxygen atoms in total. The van der Waals surface area contributed by atoms with Crippen molar-refractivity contribution in [3.8, 4) is 0 Å². The molecule has 0 aliphatic carbocycles. The molecule has 0 aliphatic rings. The highest BCUT2D eigenvalue weighted by molar-refractivity contribution is 5.23. The molecule has 0 spiro atoms. The van der Waals surface area contributed by atoms with Gasteiger partial charge in [0.2, 0.25) is 0 Å². The van der Waals surface area contributed by atoms with Gasteiger partial charge in [0.05, 0.1) is 0 Å². The molecule has 17 heavy (non-hydrogen) atoms. The molecule has 0 aliphatic heterocycles. The van der Waals surface area contributed by atoms with Gasteiger partial charge in [0.25, 0.3) is 0 Å². The van der Waals surface area contributed by atoms with Crippen LogP contribution in [0.25, 0.3) is 0 Å². The van der Waals surface area contributed by atoms with Gasteiger partial charge in [-0.1, -0.05) is 38.1 Å². The summed E-state index contributed by atoms with van der Waals surface area (Å²) < 4.78 is 0. The standard InChI is InChI=1S/C15H26N2/c1-13(2)12-15-6-4-14(5-7-15)8-11-17-10-3-9-16/h4-7,13,17H,3,8-12,16H2,1-2H3. The monoisotopic (exact) mass is 234 g/mol. The first-order valence-electron chi connectivity index (χ1n) is 6.71. The van der Waals surface area contributed by atoms with E-state index in [-0.39, 0.29) is 0 Å². The van der Waals surface area contributed by atoms with Crippen molar-refractivity contribution >= 4 is 0 Å². The van der Waals surface area contributed by atoms with E-state index >= 15 is 0 Å². The third kappa shape index (κ3) is 6.44. The van der Waals surface area contributed by atoms with Crippen LogP contribution in [0.2, 0.25) is 0 Å².